The largest absolute Gasteiger partial charge is 0.497 e. The fourth-order valence-electron chi connectivity index (χ4n) is 2.31. The van der Waals surface area contributed by atoms with E-state index in [4.69, 9.17) is 9.26 Å². The highest BCUT2D eigenvalue weighted by molar-refractivity contribution is 5.89. The summed E-state index contributed by atoms with van der Waals surface area (Å²) in [6.45, 7) is 1.64. The summed E-state index contributed by atoms with van der Waals surface area (Å²) in [6.07, 6.45) is -2.53. The first-order valence-electron chi connectivity index (χ1n) is 7.93. The summed E-state index contributed by atoms with van der Waals surface area (Å²) in [6, 6.07) is 1.67. The molecule has 1 fully saturated rings. The van der Waals surface area contributed by atoms with Crippen molar-refractivity contribution in [1.29, 1.82) is 0 Å². The number of hydrogen-bond acceptors (Lipinski definition) is 5. The Balaban J connectivity index is 1.66. The zero-order valence-electron chi connectivity index (χ0n) is 14.1. The SMILES string of the molecule is COc1cc(NC(=O)N[C@H](C)c2nc(C3CC3)no2)cc(C(F)(F)F)c1. The topological polar surface area (TPSA) is 89.3 Å². The van der Waals surface area contributed by atoms with E-state index in [1.165, 1.54) is 13.2 Å². The van der Waals surface area contributed by atoms with Crippen LogP contribution in [-0.2, 0) is 6.18 Å². The second kappa shape index (κ2) is 6.85. The smallest absolute Gasteiger partial charge is 0.416 e. The molecular formula is C16H17F3N4O3. The summed E-state index contributed by atoms with van der Waals surface area (Å²) in [7, 11) is 1.24. The minimum atomic E-state index is -4.56. The van der Waals surface area contributed by atoms with Gasteiger partial charge in [0.05, 0.1) is 12.7 Å². The van der Waals surface area contributed by atoms with Gasteiger partial charge in [-0.15, -0.1) is 0 Å². The van der Waals surface area contributed by atoms with Crippen molar-refractivity contribution in [3.8, 4) is 5.75 Å². The third kappa shape index (κ3) is 4.24. The Bertz CT molecular complexity index is 802. The Kier molecular flexibility index (Phi) is 4.75. The third-order valence-electron chi connectivity index (χ3n) is 3.85. The lowest BCUT2D eigenvalue weighted by atomic mass is 10.2. The number of carbonyl (C=O) groups excluding carboxylic acids is 1. The fourth-order valence-corrected chi connectivity index (χ4v) is 2.31. The predicted octanol–water partition coefficient (Wildman–Crippen LogP) is 3.86. The van der Waals surface area contributed by atoms with Crippen LogP contribution < -0.4 is 15.4 Å². The molecule has 140 valence electrons. The number of ether oxygens (including phenoxy) is 1. The fraction of sp³-hybridized carbons (Fsp3) is 0.438. The van der Waals surface area contributed by atoms with Gasteiger partial charge in [-0.1, -0.05) is 5.16 Å². The van der Waals surface area contributed by atoms with Gasteiger partial charge in [-0.3, -0.25) is 0 Å². The number of nitrogens with one attached hydrogen (secondary N) is 2. The number of benzene rings is 1. The molecule has 0 radical (unpaired) electrons. The van der Waals surface area contributed by atoms with E-state index in [0.717, 1.165) is 25.0 Å². The van der Waals surface area contributed by atoms with Crippen LogP contribution in [0, 0.1) is 0 Å². The molecule has 0 saturated heterocycles. The maximum absolute atomic E-state index is 12.9. The van der Waals surface area contributed by atoms with Crippen LogP contribution in [0.25, 0.3) is 0 Å². The molecular weight excluding hydrogens is 353 g/mol. The zero-order valence-corrected chi connectivity index (χ0v) is 14.1. The maximum Gasteiger partial charge on any atom is 0.416 e. The zero-order chi connectivity index (χ0) is 18.9. The highest BCUT2D eigenvalue weighted by Gasteiger charge is 2.32. The highest BCUT2D eigenvalue weighted by atomic mass is 19.4. The Morgan fingerprint density at radius 1 is 1.35 bits per heavy atom. The third-order valence-corrected chi connectivity index (χ3v) is 3.85. The first kappa shape index (κ1) is 18.0. The molecule has 0 bridgehead atoms. The van der Waals surface area contributed by atoms with Crippen LogP contribution in [0.5, 0.6) is 5.75 Å². The number of alkyl halides is 3. The summed E-state index contributed by atoms with van der Waals surface area (Å²) in [5.41, 5.74) is -0.975. The van der Waals surface area contributed by atoms with Crippen molar-refractivity contribution >= 4 is 11.7 Å². The van der Waals surface area contributed by atoms with Crippen LogP contribution in [0.2, 0.25) is 0 Å². The number of amides is 2. The number of nitrogens with zero attached hydrogens (tertiary/aromatic N) is 2. The van der Waals surface area contributed by atoms with Gasteiger partial charge in [0.2, 0.25) is 5.89 Å². The summed E-state index contributed by atoms with van der Waals surface area (Å²) in [5.74, 6) is 1.14. The average Bonchev–Trinajstić information content (AvgIpc) is 3.30. The van der Waals surface area contributed by atoms with Crippen LogP contribution in [0.15, 0.2) is 22.7 Å². The van der Waals surface area contributed by atoms with Gasteiger partial charge < -0.3 is 19.9 Å². The van der Waals surface area contributed by atoms with Gasteiger partial charge in [-0.2, -0.15) is 18.2 Å². The number of hydrogen-bond donors (Lipinski definition) is 2. The normalized spacial score (nSPS) is 15.4. The molecule has 1 saturated carbocycles. The molecule has 1 atom stereocenters. The predicted molar refractivity (Wildman–Crippen MR) is 84.8 cm³/mol. The monoisotopic (exact) mass is 370 g/mol. The Hall–Kier alpha value is -2.78. The molecule has 0 aliphatic heterocycles. The summed E-state index contributed by atoms with van der Waals surface area (Å²) < 4.78 is 48.7. The lowest BCUT2D eigenvalue weighted by Gasteiger charge is -2.14. The first-order chi connectivity index (χ1) is 12.3. The highest BCUT2D eigenvalue weighted by Crippen LogP contribution is 2.38. The van der Waals surface area contributed by atoms with Crippen LogP contribution in [0.4, 0.5) is 23.7 Å². The van der Waals surface area contributed by atoms with Crippen LogP contribution in [0.1, 0.15) is 49.0 Å². The lowest BCUT2D eigenvalue weighted by molar-refractivity contribution is -0.137. The van der Waals surface area contributed by atoms with E-state index in [1.807, 2.05) is 0 Å². The minimum Gasteiger partial charge on any atom is -0.497 e. The van der Waals surface area contributed by atoms with Gasteiger partial charge in [0.25, 0.3) is 0 Å². The van der Waals surface area contributed by atoms with Crippen molar-refractivity contribution in [2.75, 3.05) is 12.4 Å². The van der Waals surface area contributed by atoms with Gasteiger partial charge in [0.1, 0.15) is 11.8 Å². The number of aromatic nitrogens is 2. The van der Waals surface area contributed by atoms with E-state index in [-0.39, 0.29) is 17.3 Å². The molecule has 3 rings (SSSR count). The maximum atomic E-state index is 12.9. The van der Waals surface area contributed by atoms with Gasteiger partial charge >= 0.3 is 12.2 Å². The molecule has 1 aliphatic rings. The van der Waals surface area contributed by atoms with Gasteiger partial charge in [-0.25, -0.2) is 4.79 Å². The summed E-state index contributed by atoms with van der Waals surface area (Å²) in [4.78, 5) is 16.3. The van der Waals surface area contributed by atoms with Crippen molar-refractivity contribution in [3.05, 3.63) is 35.5 Å². The molecule has 10 heteroatoms. The second-order valence-corrected chi connectivity index (χ2v) is 6.03. The van der Waals surface area contributed by atoms with E-state index in [0.29, 0.717) is 11.7 Å². The number of carbonyl (C=O) groups is 1. The first-order valence-corrected chi connectivity index (χ1v) is 7.93. The standard InChI is InChI=1S/C16H17F3N4O3/c1-8(14-22-13(23-26-14)9-3-4-9)20-15(24)21-11-5-10(16(17,18)19)6-12(7-11)25-2/h5-9H,3-4H2,1-2H3,(H2,20,21,24)/t8-/m1/s1. The molecule has 2 amide bonds. The van der Waals surface area contributed by atoms with E-state index in [1.54, 1.807) is 6.92 Å². The molecule has 2 N–H and O–H groups in total. The number of rotatable bonds is 5. The number of anilines is 1. The number of halogens is 3. The van der Waals surface area contributed by atoms with E-state index in [2.05, 4.69) is 20.8 Å². The van der Waals surface area contributed by atoms with Crippen molar-refractivity contribution in [2.45, 2.75) is 37.9 Å². The van der Waals surface area contributed by atoms with Crippen molar-refractivity contribution in [1.82, 2.24) is 15.5 Å². The quantitative estimate of drug-likeness (QED) is 0.834. The molecule has 26 heavy (non-hydrogen) atoms. The van der Waals surface area contributed by atoms with Crippen molar-refractivity contribution in [3.63, 3.8) is 0 Å². The van der Waals surface area contributed by atoms with Crippen LogP contribution >= 0.6 is 0 Å². The molecule has 2 aromatic rings. The molecule has 1 heterocycles. The van der Waals surface area contributed by atoms with Gasteiger partial charge in [0.15, 0.2) is 5.82 Å². The summed E-state index contributed by atoms with van der Waals surface area (Å²) in [5, 5.41) is 8.75. The van der Waals surface area contributed by atoms with Crippen LogP contribution in [-0.4, -0.2) is 23.3 Å². The number of urea groups is 1. The Morgan fingerprint density at radius 3 is 2.69 bits per heavy atom. The molecule has 1 aromatic carbocycles. The molecule has 1 aliphatic carbocycles. The molecule has 0 unspecified atom stereocenters. The Morgan fingerprint density at radius 2 is 2.08 bits per heavy atom. The van der Waals surface area contributed by atoms with Gasteiger partial charge in [0, 0.05) is 17.7 Å². The molecule has 0 spiro atoms. The molecule has 1 aromatic heterocycles. The van der Waals surface area contributed by atoms with Crippen LogP contribution in [0.3, 0.4) is 0 Å². The van der Waals surface area contributed by atoms with Crippen molar-refractivity contribution < 1.29 is 27.2 Å². The second-order valence-electron chi connectivity index (χ2n) is 6.03. The lowest BCUT2D eigenvalue weighted by Crippen LogP contribution is -2.31. The molecule has 7 nitrogen and oxygen atoms in total. The average molecular weight is 370 g/mol. The van der Waals surface area contributed by atoms with Gasteiger partial charge in [-0.05, 0) is 31.9 Å². The van der Waals surface area contributed by atoms with Crippen molar-refractivity contribution in [2.24, 2.45) is 0 Å². The van der Waals surface area contributed by atoms with E-state index < -0.39 is 23.8 Å². The van der Waals surface area contributed by atoms with E-state index in [9.17, 15) is 18.0 Å². The number of methoxy groups -OCH3 is 1. The minimum absolute atomic E-state index is 0.0193. The Labute approximate surface area is 146 Å². The summed E-state index contributed by atoms with van der Waals surface area (Å²) >= 11 is 0. The van der Waals surface area contributed by atoms with E-state index >= 15 is 0 Å².